The molecule has 4 N–H and O–H groups in total. The molecule has 3 atom stereocenters. The number of benzene rings is 2. The minimum absolute atomic E-state index is 0. The zero-order valence-corrected chi connectivity index (χ0v) is 30.1. The topological polar surface area (TPSA) is 141 Å². The van der Waals surface area contributed by atoms with Crippen molar-refractivity contribution in [3.8, 4) is 5.75 Å². The standard InChI is InChI=1S/C34H46N8O4.2ClH/c1-21(35-5)31(43)40-29(34(2,3)4)33(45)42-17-9-10-27(42)32(44)39-26-18-24-25(19-28(26)46-6)36-20-37-30(24)38-22-11-13-23(14-12-22)41-15-7-8-16-41;;/h11-14,18-21,27,29,35H,7-10,15-17H2,1-6H3,(H,39,44)(H,40,43)(H,36,37,38);2*1H/t21-,27?,29+;;/m0../s1. The van der Waals surface area contributed by atoms with Gasteiger partial charge in [-0.1, -0.05) is 20.8 Å². The number of anilines is 4. The highest BCUT2D eigenvalue weighted by Gasteiger charge is 2.42. The smallest absolute Gasteiger partial charge is 0.247 e. The molecule has 3 aromatic rings. The van der Waals surface area contributed by atoms with Crippen molar-refractivity contribution >= 4 is 76.3 Å². The summed E-state index contributed by atoms with van der Waals surface area (Å²) in [6, 6.07) is 9.89. The Morgan fingerprint density at radius 3 is 2.29 bits per heavy atom. The van der Waals surface area contributed by atoms with E-state index in [1.54, 1.807) is 31.0 Å². The van der Waals surface area contributed by atoms with Crippen LogP contribution in [0.2, 0.25) is 0 Å². The van der Waals surface area contributed by atoms with Gasteiger partial charge in [0.05, 0.1) is 24.4 Å². The fraction of sp³-hybridized carbons (Fsp3) is 0.500. The lowest BCUT2D eigenvalue weighted by atomic mass is 9.85. The third kappa shape index (κ3) is 8.58. The van der Waals surface area contributed by atoms with E-state index in [4.69, 9.17) is 4.74 Å². The molecule has 2 aliphatic rings. The molecule has 2 fully saturated rings. The molecule has 0 saturated carbocycles. The molecule has 1 unspecified atom stereocenters. The molecule has 0 aliphatic carbocycles. The number of carbonyl (C=O) groups excluding carboxylic acids is 3. The van der Waals surface area contributed by atoms with Crippen LogP contribution in [0.5, 0.6) is 5.75 Å². The highest BCUT2D eigenvalue weighted by molar-refractivity contribution is 6.03. The molecule has 2 saturated heterocycles. The minimum Gasteiger partial charge on any atom is -0.494 e. The summed E-state index contributed by atoms with van der Waals surface area (Å²) >= 11 is 0. The lowest BCUT2D eigenvalue weighted by Gasteiger charge is -2.36. The van der Waals surface area contributed by atoms with Crippen LogP contribution >= 0.6 is 24.8 Å². The number of halogens is 2. The number of methoxy groups -OCH3 is 1. The minimum atomic E-state index is -0.797. The maximum absolute atomic E-state index is 13.9. The molecule has 2 aromatic carbocycles. The van der Waals surface area contributed by atoms with Gasteiger partial charge in [0, 0.05) is 42.5 Å². The molecule has 5 rings (SSSR count). The van der Waals surface area contributed by atoms with Crippen molar-refractivity contribution in [3.05, 3.63) is 42.7 Å². The average Bonchev–Trinajstić information content (AvgIpc) is 3.76. The van der Waals surface area contributed by atoms with Crippen LogP contribution in [0, 0.1) is 5.41 Å². The van der Waals surface area contributed by atoms with E-state index < -0.39 is 23.5 Å². The number of ether oxygens (including phenoxy) is 1. The lowest BCUT2D eigenvalue weighted by Crippen LogP contribution is -2.59. The Morgan fingerprint density at radius 1 is 0.979 bits per heavy atom. The Kier molecular flexibility index (Phi) is 13.3. The number of hydrogen-bond acceptors (Lipinski definition) is 9. The molecule has 2 aliphatic heterocycles. The summed E-state index contributed by atoms with van der Waals surface area (Å²) < 4.78 is 5.64. The zero-order valence-electron chi connectivity index (χ0n) is 28.5. The normalized spacial score (nSPS) is 17.2. The van der Waals surface area contributed by atoms with Gasteiger partial charge in [-0.15, -0.1) is 24.8 Å². The molecule has 262 valence electrons. The van der Waals surface area contributed by atoms with Crippen LogP contribution in [0.1, 0.15) is 53.4 Å². The van der Waals surface area contributed by atoms with Gasteiger partial charge >= 0.3 is 0 Å². The van der Waals surface area contributed by atoms with Crippen molar-refractivity contribution < 1.29 is 19.1 Å². The number of aromatic nitrogens is 2. The summed E-state index contributed by atoms with van der Waals surface area (Å²) in [5.41, 5.74) is 2.62. The molecule has 14 heteroatoms. The highest BCUT2D eigenvalue weighted by atomic mass is 35.5. The van der Waals surface area contributed by atoms with Crippen LogP contribution in [0.25, 0.3) is 10.9 Å². The van der Waals surface area contributed by atoms with Crippen molar-refractivity contribution in [1.29, 1.82) is 0 Å². The van der Waals surface area contributed by atoms with Gasteiger partial charge in [0.25, 0.3) is 0 Å². The van der Waals surface area contributed by atoms with E-state index in [0.717, 1.165) is 18.8 Å². The molecule has 0 bridgehead atoms. The molecule has 12 nitrogen and oxygen atoms in total. The highest BCUT2D eigenvalue weighted by Crippen LogP contribution is 2.34. The maximum Gasteiger partial charge on any atom is 0.247 e. The Morgan fingerprint density at radius 2 is 1.67 bits per heavy atom. The quantitative estimate of drug-likeness (QED) is 0.232. The summed E-state index contributed by atoms with van der Waals surface area (Å²) in [6.45, 7) is 10.0. The van der Waals surface area contributed by atoms with E-state index in [0.29, 0.717) is 47.5 Å². The molecular weight excluding hydrogens is 655 g/mol. The first kappa shape index (κ1) is 38.6. The summed E-state index contributed by atoms with van der Waals surface area (Å²) in [7, 11) is 3.23. The first-order chi connectivity index (χ1) is 22.0. The number of hydrogen-bond donors (Lipinski definition) is 4. The number of carbonyl (C=O) groups is 3. The van der Waals surface area contributed by atoms with Crippen molar-refractivity contribution in [1.82, 2.24) is 25.5 Å². The summed E-state index contributed by atoms with van der Waals surface area (Å²) in [4.78, 5) is 53.3. The number of nitrogens with one attached hydrogen (secondary N) is 4. The van der Waals surface area contributed by atoms with Gasteiger partial charge < -0.3 is 35.8 Å². The monoisotopic (exact) mass is 702 g/mol. The van der Waals surface area contributed by atoms with Gasteiger partial charge in [0.1, 0.15) is 30.0 Å². The average molecular weight is 704 g/mol. The van der Waals surface area contributed by atoms with E-state index >= 15 is 0 Å². The molecule has 0 spiro atoms. The lowest BCUT2D eigenvalue weighted by molar-refractivity contribution is -0.143. The van der Waals surface area contributed by atoms with Gasteiger partial charge in [-0.05, 0) is 75.4 Å². The largest absolute Gasteiger partial charge is 0.494 e. The Hall–Kier alpha value is -3.87. The Bertz CT molecular complexity index is 1580. The van der Waals surface area contributed by atoms with E-state index in [1.807, 2.05) is 32.9 Å². The fourth-order valence-corrected chi connectivity index (χ4v) is 6.05. The van der Waals surface area contributed by atoms with Crippen LogP contribution in [-0.4, -0.2) is 84.5 Å². The Labute approximate surface area is 295 Å². The van der Waals surface area contributed by atoms with E-state index in [-0.39, 0.29) is 42.5 Å². The molecule has 48 heavy (non-hydrogen) atoms. The van der Waals surface area contributed by atoms with Crippen molar-refractivity contribution in [3.63, 3.8) is 0 Å². The van der Waals surface area contributed by atoms with Crippen LogP contribution in [0.15, 0.2) is 42.7 Å². The van der Waals surface area contributed by atoms with Crippen LogP contribution in [0.4, 0.5) is 22.9 Å². The van der Waals surface area contributed by atoms with Gasteiger partial charge in [0.2, 0.25) is 17.7 Å². The second-order valence-electron chi connectivity index (χ2n) is 13.2. The van der Waals surface area contributed by atoms with Crippen LogP contribution < -0.4 is 30.9 Å². The SMILES string of the molecule is CN[C@@H](C)C(=O)N[C@H](C(=O)N1CCCC1C(=O)Nc1cc2c(Nc3ccc(N4CCCC4)cc3)ncnc2cc1OC)C(C)(C)C.Cl.Cl. The predicted molar refractivity (Wildman–Crippen MR) is 195 cm³/mol. The first-order valence-corrected chi connectivity index (χ1v) is 16.0. The van der Waals surface area contributed by atoms with Gasteiger partial charge in [-0.25, -0.2) is 9.97 Å². The van der Waals surface area contributed by atoms with Crippen molar-refractivity contribution in [2.75, 3.05) is 49.3 Å². The van der Waals surface area contributed by atoms with Crippen molar-refractivity contribution in [2.45, 2.75) is 71.5 Å². The Balaban J connectivity index is 0.00000312. The number of likely N-dealkylation sites (tertiary alicyclic amines) is 1. The van der Waals surface area contributed by atoms with Crippen molar-refractivity contribution in [2.24, 2.45) is 5.41 Å². The molecular formula is C34H48Cl2N8O4. The number of likely N-dealkylation sites (N-methyl/N-ethyl adjacent to an activating group) is 1. The van der Waals surface area contributed by atoms with Gasteiger partial charge in [-0.3, -0.25) is 14.4 Å². The third-order valence-corrected chi connectivity index (χ3v) is 8.88. The van der Waals surface area contributed by atoms with E-state index in [1.165, 1.54) is 32.0 Å². The third-order valence-electron chi connectivity index (χ3n) is 8.88. The van der Waals surface area contributed by atoms with E-state index in [9.17, 15) is 14.4 Å². The summed E-state index contributed by atoms with van der Waals surface area (Å²) in [6.07, 6.45) is 5.11. The number of rotatable bonds is 10. The molecule has 3 heterocycles. The van der Waals surface area contributed by atoms with Gasteiger partial charge in [-0.2, -0.15) is 0 Å². The van der Waals surface area contributed by atoms with Gasteiger partial charge in [0.15, 0.2) is 0 Å². The summed E-state index contributed by atoms with van der Waals surface area (Å²) in [5.74, 6) is 0.162. The number of nitrogens with zero attached hydrogens (tertiary/aromatic N) is 4. The maximum atomic E-state index is 13.9. The second kappa shape index (κ2) is 16.5. The fourth-order valence-electron chi connectivity index (χ4n) is 6.05. The molecule has 1 aromatic heterocycles. The van der Waals surface area contributed by atoms with E-state index in [2.05, 4.69) is 48.3 Å². The number of fused-ring (bicyclic) bond motifs is 1. The molecule has 0 radical (unpaired) electrons. The zero-order chi connectivity index (χ0) is 33.0. The summed E-state index contributed by atoms with van der Waals surface area (Å²) in [5, 5.41) is 12.9. The predicted octanol–water partition coefficient (Wildman–Crippen LogP) is 4.89. The molecule has 3 amide bonds. The number of amides is 3. The first-order valence-electron chi connectivity index (χ1n) is 16.0. The second-order valence-corrected chi connectivity index (χ2v) is 13.2. The van der Waals surface area contributed by atoms with Crippen LogP contribution in [0.3, 0.4) is 0 Å². The van der Waals surface area contributed by atoms with Crippen LogP contribution in [-0.2, 0) is 14.4 Å².